The van der Waals surface area contributed by atoms with Crippen LogP contribution in [0.25, 0.3) is 0 Å². The van der Waals surface area contributed by atoms with Gasteiger partial charge in [0, 0.05) is 13.2 Å². The van der Waals surface area contributed by atoms with E-state index in [0.29, 0.717) is 13.2 Å². The molecule has 0 aromatic heterocycles. The van der Waals surface area contributed by atoms with E-state index >= 15 is 0 Å². The fourth-order valence-electron chi connectivity index (χ4n) is 2.80. The predicted octanol–water partition coefficient (Wildman–Crippen LogP) is 1.67. The lowest BCUT2D eigenvalue weighted by Gasteiger charge is -2.30. The Labute approximate surface area is 142 Å². The Kier molecular flexibility index (Phi) is 6.17. The summed E-state index contributed by atoms with van der Waals surface area (Å²) in [4.78, 5) is 12.5. The zero-order valence-corrected chi connectivity index (χ0v) is 14.7. The fraction of sp³-hybridized carbons (Fsp3) is 0.562. The van der Waals surface area contributed by atoms with E-state index in [1.165, 1.54) is 24.3 Å². The van der Waals surface area contributed by atoms with Crippen LogP contribution in [0.3, 0.4) is 0 Å². The molecule has 1 saturated heterocycles. The number of anilines is 1. The van der Waals surface area contributed by atoms with Gasteiger partial charge in [0.25, 0.3) is 0 Å². The highest BCUT2D eigenvalue weighted by Crippen LogP contribution is 2.25. The van der Waals surface area contributed by atoms with Gasteiger partial charge in [0.1, 0.15) is 11.9 Å². The van der Waals surface area contributed by atoms with Crippen molar-refractivity contribution in [1.29, 1.82) is 0 Å². The first-order chi connectivity index (χ1) is 11.3. The number of hydrogen-bond donors (Lipinski definition) is 1. The van der Waals surface area contributed by atoms with Gasteiger partial charge >= 0.3 is 0 Å². The van der Waals surface area contributed by atoms with Crippen molar-refractivity contribution in [2.75, 3.05) is 23.7 Å². The fourth-order valence-corrected chi connectivity index (χ4v) is 4.02. The molecule has 1 amide bonds. The number of rotatable bonds is 7. The maximum absolute atomic E-state index is 14.1. The maximum atomic E-state index is 14.1. The molecule has 6 nitrogen and oxygen atoms in total. The van der Waals surface area contributed by atoms with Crippen molar-refractivity contribution in [3.05, 3.63) is 30.1 Å². The standard InChI is InChI=1S/C16H23FN2O4S/c1-3-14(16(20)18-11-12-7-6-10-23-12)19(24(2,21)22)15-9-5-4-8-13(15)17/h4-5,8-9,12,14H,3,6-7,10-11H2,1-2H3,(H,18,20)/t12-,14+/m1/s1. The molecule has 0 bridgehead atoms. The van der Waals surface area contributed by atoms with Crippen LogP contribution in [0, 0.1) is 5.82 Å². The minimum absolute atomic E-state index is 0.0494. The van der Waals surface area contributed by atoms with Gasteiger partial charge in [-0.3, -0.25) is 9.10 Å². The Morgan fingerprint density at radius 2 is 2.17 bits per heavy atom. The summed E-state index contributed by atoms with van der Waals surface area (Å²) in [6, 6.07) is 4.51. The molecule has 8 heteroatoms. The SMILES string of the molecule is CC[C@@H](C(=O)NC[C@H]1CCCO1)N(c1ccccc1F)S(C)(=O)=O. The number of carbonyl (C=O) groups is 1. The predicted molar refractivity (Wildman–Crippen MR) is 89.8 cm³/mol. The topological polar surface area (TPSA) is 75.7 Å². The number of amides is 1. The van der Waals surface area contributed by atoms with Gasteiger partial charge in [-0.15, -0.1) is 0 Å². The summed E-state index contributed by atoms with van der Waals surface area (Å²) in [5, 5.41) is 2.72. The third-order valence-corrected chi connectivity index (χ3v) is 5.11. The van der Waals surface area contributed by atoms with Gasteiger partial charge in [0.15, 0.2) is 0 Å². The second-order valence-electron chi connectivity index (χ2n) is 5.81. The summed E-state index contributed by atoms with van der Waals surface area (Å²) in [5.74, 6) is -1.14. The molecule has 24 heavy (non-hydrogen) atoms. The first-order valence-corrected chi connectivity index (χ1v) is 9.82. The zero-order chi connectivity index (χ0) is 17.7. The molecule has 2 rings (SSSR count). The van der Waals surface area contributed by atoms with E-state index in [1.807, 2.05) is 0 Å². The van der Waals surface area contributed by atoms with E-state index in [1.54, 1.807) is 6.92 Å². The highest BCUT2D eigenvalue weighted by atomic mass is 32.2. The number of carbonyl (C=O) groups excluding carboxylic acids is 1. The number of para-hydroxylation sites is 1. The van der Waals surface area contributed by atoms with Gasteiger partial charge < -0.3 is 10.1 Å². The van der Waals surface area contributed by atoms with E-state index in [0.717, 1.165) is 23.4 Å². The molecule has 0 unspecified atom stereocenters. The highest BCUT2D eigenvalue weighted by Gasteiger charge is 2.33. The van der Waals surface area contributed by atoms with Crippen LogP contribution in [-0.2, 0) is 19.6 Å². The number of hydrogen-bond acceptors (Lipinski definition) is 4. The minimum Gasteiger partial charge on any atom is -0.376 e. The lowest BCUT2D eigenvalue weighted by Crippen LogP contribution is -2.50. The summed E-state index contributed by atoms with van der Waals surface area (Å²) in [6.45, 7) is 2.68. The van der Waals surface area contributed by atoms with Crippen molar-refractivity contribution < 1.29 is 22.3 Å². The van der Waals surface area contributed by atoms with E-state index in [2.05, 4.69) is 5.32 Å². The average Bonchev–Trinajstić information content (AvgIpc) is 3.03. The number of sulfonamides is 1. The van der Waals surface area contributed by atoms with Crippen LogP contribution in [-0.4, -0.2) is 45.9 Å². The molecule has 1 N–H and O–H groups in total. The van der Waals surface area contributed by atoms with Gasteiger partial charge in [-0.25, -0.2) is 12.8 Å². The summed E-state index contributed by atoms with van der Waals surface area (Å²) in [7, 11) is -3.83. The molecule has 1 aromatic carbocycles. The van der Waals surface area contributed by atoms with Crippen molar-refractivity contribution >= 4 is 21.6 Å². The summed E-state index contributed by atoms with van der Waals surface area (Å²) in [5.41, 5.74) is -0.126. The lowest BCUT2D eigenvalue weighted by atomic mass is 10.1. The van der Waals surface area contributed by atoms with Crippen LogP contribution in [0.5, 0.6) is 0 Å². The monoisotopic (exact) mass is 358 g/mol. The van der Waals surface area contributed by atoms with Crippen LogP contribution < -0.4 is 9.62 Å². The van der Waals surface area contributed by atoms with Gasteiger partial charge in [0.05, 0.1) is 18.0 Å². The Morgan fingerprint density at radius 1 is 1.46 bits per heavy atom. The summed E-state index contributed by atoms with van der Waals surface area (Å²) in [6.07, 6.45) is 2.95. The molecule has 1 aliphatic rings. The highest BCUT2D eigenvalue weighted by molar-refractivity contribution is 7.92. The average molecular weight is 358 g/mol. The van der Waals surface area contributed by atoms with Crippen LogP contribution in [0.2, 0.25) is 0 Å². The second kappa shape index (κ2) is 7.94. The third kappa shape index (κ3) is 4.45. The van der Waals surface area contributed by atoms with Crippen molar-refractivity contribution in [2.24, 2.45) is 0 Å². The number of nitrogens with zero attached hydrogens (tertiary/aromatic N) is 1. The van der Waals surface area contributed by atoms with E-state index in [-0.39, 0.29) is 18.2 Å². The molecule has 0 saturated carbocycles. The molecule has 134 valence electrons. The number of benzene rings is 1. The summed E-state index contributed by atoms with van der Waals surface area (Å²) >= 11 is 0. The van der Waals surface area contributed by atoms with Crippen molar-refractivity contribution in [3.8, 4) is 0 Å². The second-order valence-corrected chi connectivity index (χ2v) is 7.67. The Hall–Kier alpha value is -1.67. The smallest absolute Gasteiger partial charge is 0.243 e. The zero-order valence-electron chi connectivity index (χ0n) is 13.9. The summed E-state index contributed by atoms with van der Waals surface area (Å²) < 4.78 is 44.8. The van der Waals surface area contributed by atoms with E-state index in [4.69, 9.17) is 4.74 Å². The van der Waals surface area contributed by atoms with Crippen LogP contribution >= 0.6 is 0 Å². The molecule has 1 fully saturated rings. The van der Waals surface area contributed by atoms with E-state index in [9.17, 15) is 17.6 Å². The largest absolute Gasteiger partial charge is 0.376 e. The Balaban J connectivity index is 2.22. The molecular formula is C16H23FN2O4S. The third-order valence-electron chi connectivity index (χ3n) is 3.95. The van der Waals surface area contributed by atoms with Gasteiger partial charge in [-0.2, -0.15) is 0 Å². The van der Waals surface area contributed by atoms with Crippen molar-refractivity contribution in [2.45, 2.75) is 38.3 Å². The molecule has 0 spiro atoms. The molecule has 0 radical (unpaired) electrons. The first kappa shape index (κ1) is 18.7. The molecule has 2 atom stereocenters. The van der Waals surface area contributed by atoms with Gasteiger partial charge in [-0.1, -0.05) is 19.1 Å². The lowest BCUT2D eigenvalue weighted by molar-refractivity contribution is -0.122. The van der Waals surface area contributed by atoms with Crippen molar-refractivity contribution in [3.63, 3.8) is 0 Å². The number of halogens is 1. The number of nitrogens with one attached hydrogen (secondary N) is 1. The van der Waals surface area contributed by atoms with Crippen molar-refractivity contribution in [1.82, 2.24) is 5.32 Å². The first-order valence-electron chi connectivity index (χ1n) is 7.97. The maximum Gasteiger partial charge on any atom is 0.243 e. The van der Waals surface area contributed by atoms with Crippen LogP contribution in [0.15, 0.2) is 24.3 Å². The quantitative estimate of drug-likeness (QED) is 0.804. The molecule has 1 heterocycles. The Morgan fingerprint density at radius 3 is 2.71 bits per heavy atom. The minimum atomic E-state index is -3.83. The normalized spacial score (nSPS) is 19.0. The molecule has 0 aliphatic carbocycles. The number of ether oxygens (including phenoxy) is 1. The Bertz CT molecular complexity index is 674. The van der Waals surface area contributed by atoms with Crippen LogP contribution in [0.1, 0.15) is 26.2 Å². The van der Waals surface area contributed by atoms with Crippen LogP contribution in [0.4, 0.5) is 10.1 Å². The van der Waals surface area contributed by atoms with E-state index < -0.39 is 27.8 Å². The molecule has 1 aromatic rings. The van der Waals surface area contributed by atoms with Gasteiger partial charge in [-0.05, 0) is 31.4 Å². The van der Waals surface area contributed by atoms with Gasteiger partial charge in [0.2, 0.25) is 15.9 Å². The molecule has 1 aliphatic heterocycles. The molecular weight excluding hydrogens is 335 g/mol.